The molecule has 0 radical (unpaired) electrons. The van der Waals surface area contributed by atoms with Crippen molar-refractivity contribution in [3.63, 3.8) is 0 Å². The van der Waals surface area contributed by atoms with Gasteiger partial charge in [0.25, 0.3) is 0 Å². The molecule has 0 aliphatic carbocycles. The van der Waals surface area contributed by atoms with Crippen molar-refractivity contribution in [1.82, 2.24) is 29.2 Å². The number of imidazole rings is 1. The van der Waals surface area contributed by atoms with Crippen molar-refractivity contribution in [3.05, 3.63) is 161 Å². The molecule has 0 atom stereocenters. The molecule has 0 spiro atoms. The number of aromatic nitrogens is 3. The van der Waals surface area contributed by atoms with Gasteiger partial charge in [0, 0.05) is 55.5 Å². The molecule has 5 rings (SSSR count). The third kappa shape index (κ3) is 26.9. The standard InChI is InChI=1S/C9H15N.C8H8.C7H11N.C5H6N2.C5H5N.C3H9N.C3H6/c1-3-10-8-6-4-5-7-9(10)2;1-2-8-6-4-3-5-7-8;1-3-8-6-4-5-7(8)2;1-2-7-4-3-6-5-7;1-2-4-6-5-3-1;1-4(2)3;1-3-2/h3H,1-2,4-8H2;2-7H,1H2;3H,1-2,4-6H2;2-5H,1H2;1-5H;1-3H3;3H,1H2,2H3. The molecule has 2 fully saturated rings. The van der Waals surface area contributed by atoms with Crippen molar-refractivity contribution < 1.29 is 0 Å². The van der Waals surface area contributed by atoms with Crippen LogP contribution in [0.5, 0.6) is 0 Å². The second-order valence-electron chi connectivity index (χ2n) is 10.4. The zero-order valence-corrected chi connectivity index (χ0v) is 29.2. The van der Waals surface area contributed by atoms with Crippen LogP contribution in [0.3, 0.4) is 0 Å². The predicted octanol–water partition coefficient (Wildman–Crippen LogP) is 10.0. The maximum Gasteiger partial charge on any atom is 0.0986 e. The van der Waals surface area contributed by atoms with Crippen molar-refractivity contribution >= 4 is 12.3 Å². The molecule has 0 unspecified atom stereocenters. The molecular weight excluding hydrogens is 564 g/mol. The molecule has 2 aliphatic rings. The fourth-order valence-corrected chi connectivity index (χ4v) is 3.56. The number of nitrogens with zero attached hydrogens (tertiary/aromatic N) is 6. The molecule has 2 saturated heterocycles. The third-order valence-corrected chi connectivity index (χ3v) is 5.82. The molecule has 2 aliphatic heterocycles. The minimum Gasteiger partial charge on any atom is -0.353 e. The van der Waals surface area contributed by atoms with Gasteiger partial charge in [-0.3, -0.25) is 4.98 Å². The topological polar surface area (TPSA) is 40.4 Å². The van der Waals surface area contributed by atoms with E-state index >= 15 is 0 Å². The smallest absolute Gasteiger partial charge is 0.0986 e. The molecule has 0 bridgehead atoms. The number of pyridine rings is 1. The molecule has 0 N–H and O–H groups in total. The monoisotopic (exact) mass is 624 g/mol. The van der Waals surface area contributed by atoms with Crippen molar-refractivity contribution in [2.45, 2.75) is 45.4 Å². The SMILES string of the molecule is C=CC.C=CN1CCCC1=C.C=CN1CCCCCC1=C.C=Cc1ccccc1.C=Cn1ccnc1.CN(C)C.c1ccncc1. The summed E-state index contributed by atoms with van der Waals surface area (Å²) in [6.45, 7) is 29.9. The Labute approximate surface area is 281 Å². The number of hydrogen-bond donors (Lipinski definition) is 0. The maximum atomic E-state index is 3.98. The van der Waals surface area contributed by atoms with Crippen molar-refractivity contribution in [3.8, 4) is 0 Å². The first kappa shape index (κ1) is 43.4. The molecule has 3 aromatic rings. The molecular formula is C40H60N6. The van der Waals surface area contributed by atoms with E-state index in [1.807, 2.05) is 106 Å². The Bertz CT molecular complexity index is 1140. The van der Waals surface area contributed by atoms with Gasteiger partial charge in [-0.05, 0) is 90.3 Å². The number of hydrogen-bond acceptors (Lipinski definition) is 5. The van der Waals surface area contributed by atoms with Crippen LogP contribution in [0.1, 0.15) is 51.0 Å². The van der Waals surface area contributed by atoms with E-state index in [1.165, 1.54) is 42.6 Å². The molecule has 6 nitrogen and oxygen atoms in total. The highest BCUT2D eigenvalue weighted by Gasteiger charge is 2.10. The highest BCUT2D eigenvalue weighted by atomic mass is 15.1. The van der Waals surface area contributed by atoms with Crippen molar-refractivity contribution in [2.24, 2.45) is 0 Å². The van der Waals surface area contributed by atoms with E-state index in [1.54, 1.807) is 41.8 Å². The van der Waals surface area contributed by atoms with Crippen LogP contribution in [-0.4, -0.2) is 63.5 Å². The maximum absolute atomic E-state index is 3.98. The van der Waals surface area contributed by atoms with Crippen LogP contribution in [0, 0.1) is 0 Å². The van der Waals surface area contributed by atoms with E-state index < -0.39 is 0 Å². The first-order valence-corrected chi connectivity index (χ1v) is 15.6. The first-order valence-electron chi connectivity index (χ1n) is 15.6. The van der Waals surface area contributed by atoms with Gasteiger partial charge < -0.3 is 19.3 Å². The quantitative estimate of drug-likeness (QED) is 0.270. The van der Waals surface area contributed by atoms with Gasteiger partial charge in [0.05, 0.1) is 6.33 Å². The van der Waals surface area contributed by atoms with E-state index in [2.05, 4.69) is 65.8 Å². The van der Waals surface area contributed by atoms with Crippen molar-refractivity contribution in [2.75, 3.05) is 34.2 Å². The zero-order chi connectivity index (χ0) is 34.8. The molecule has 6 heteroatoms. The van der Waals surface area contributed by atoms with E-state index in [0.717, 1.165) is 25.9 Å². The van der Waals surface area contributed by atoms with E-state index in [4.69, 9.17) is 0 Å². The lowest BCUT2D eigenvalue weighted by Crippen LogP contribution is -2.14. The van der Waals surface area contributed by atoms with Gasteiger partial charge in [0.15, 0.2) is 0 Å². The molecule has 2 aromatic heterocycles. The fraction of sp³-hybridized carbons (Fsp3) is 0.300. The van der Waals surface area contributed by atoms with Crippen LogP contribution in [0.4, 0.5) is 0 Å². The Morgan fingerprint density at radius 3 is 1.46 bits per heavy atom. The molecule has 0 amide bonds. The predicted molar refractivity (Wildman–Crippen MR) is 205 cm³/mol. The summed E-state index contributed by atoms with van der Waals surface area (Å²) in [5, 5.41) is 0. The van der Waals surface area contributed by atoms with Crippen molar-refractivity contribution in [1.29, 1.82) is 0 Å². The number of likely N-dealkylation sites (tertiary alicyclic amines) is 2. The molecule has 4 heterocycles. The number of benzene rings is 1. The second-order valence-corrected chi connectivity index (χ2v) is 10.4. The highest BCUT2D eigenvalue weighted by molar-refractivity contribution is 5.45. The van der Waals surface area contributed by atoms with Crippen LogP contribution in [0.2, 0.25) is 0 Å². The largest absolute Gasteiger partial charge is 0.353 e. The molecule has 0 saturated carbocycles. The third-order valence-electron chi connectivity index (χ3n) is 5.82. The molecule has 250 valence electrons. The van der Waals surface area contributed by atoms with Gasteiger partial charge in [-0.2, -0.15) is 0 Å². The Kier molecular flexibility index (Phi) is 30.0. The highest BCUT2D eigenvalue weighted by Crippen LogP contribution is 2.18. The lowest BCUT2D eigenvalue weighted by Gasteiger charge is -2.18. The summed E-state index contributed by atoms with van der Waals surface area (Å²) in [5.74, 6) is 0. The van der Waals surface area contributed by atoms with Gasteiger partial charge >= 0.3 is 0 Å². The Hall–Kier alpha value is -4.68. The summed E-state index contributed by atoms with van der Waals surface area (Å²) in [7, 11) is 6.00. The average Bonchev–Trinajstić information content (AvgIpc) is 3.72. The Morgan fingerprint density at radius 2 is 1.15 bits per heavy atom. The minimum absolute atomic E-state index is 1.11. The molecule has 1 aromatic carbocycles. The van der Waals surface area contributed by atoms with Gasteiger partial charge in [-0.25, -0.2) is 4.98 Å². The second kappa shape index (κ2) is 31.7. The summed E-state index contributed by atoms with van der Waals surface area (Å²) in [4.78, 5) is 13.8. The zero-order valence-electron chi connectivity index (χ0n) is 29.2. The van der Waals surface area contributed by atoms with Gasteiger partial charge in [0.1, 0.15) is 0 Å². The molecule has 46 heavy (non-hydrogen) atoms. The summed E-state index contributed by atoms with van der Waals surface area (Å²) >= 11 is 0. The normalized spacial score (nSPS) is 12.7. The minimum atomic E-state index is 1.11. The summed E-state index contributed by atoms with van der Waals surface area (Å²) in [6, 6.07) is 15.7. The van der Waals surface area contributed by atoms with Crippen LogP contribution < -0.4 is 0 Å². The lowest BCUT2D eigenvalue weighted by atomic mass is 10.2. The van der Waals surface area contributed by atoms with Crippen LogP contribution in [-0.2, 0) is 0 Å². The average molecular weight is 625 g/mol. The Morgan fingerprint density at radius 1 is 0.652 bits per heavy atom. The summed E-state index contributed by atoms with van der Waals surface area (Å²) in [5.41, 5.74) is 3.61. The van der Waals surface area contributed by atoms with Gasteiger partial charge in [-0.1, -0.05) is 94.4 Å². The van der Waals surface area contributed by atoms with E-state index in [-0.39, 0.29) is 0 Å². The Balaban J connectivity index is 0. The number of rotatable bonds is 4. The number of allylic oxidation sites excluding steroid dienone is 3. The van der Waals surface area contributed by atoms with Crippen LogP contribution >= 0.6 is 0 Å². The van der Waals surface area contributed by atoms with Gasteiger partial charge in [-0.15, -0.1) is 6.58 Å². The van der Waals surface area contributed by atoms with Crippen LogP contribution in [0.25, 0.3) is 12.3 Å². The van der Waals surface area contributed by atoms with Gasteiger partial charge in [0.2, 0.25) is 0 Å². The lowest BCUT2D eigenvalue weighted by molar-refractivity contribution is 0.466. The summed E-state index contributed by atoms with van der Waals surface area (Å²) < 4.78 is 1.78. The van der Waals surface area contributed by atoms with E-state index in [0.29, 0.717) is 0 Å². The van der Waals surface area contributed by atoms with E-state index in [9.17, 15) is 0 Å². The fourth-order valence-electron chi connectivity index (χ4n) is 3.56. The van der Waals surface area contributed by atoms with Crippen LogP contribution in [0.15, 0.2) is 156 Å². The summed E-state index contributed by atoms with van der Waals surface area (Å²) in [6.07, 6.45) is 25.2. The first-order chi connectivity index (χ1) is 22.2.